The first-order chi connectivity index (χ1) is 6.40. The van der Waals surface area contributed by atoms with Gasteiger partial charge in [0.1, 0.15) is 6.61 Å². The minimum absolute atomic E-state index is 0.170. The highest BCUT2D eigenvalue weighted by Crippen LogP contribution is 2.25. The van der Waals surface area contributed by atoms with Gasteiger partial charge in [-0.25, -0.2) is 4.98 Å². The molecule has 0 radical (unpaired) electrons. The minimum atomic E-state index is 0.170. The van der Waals surface area contributed by atoms with Gasteiger partial charge in [0.05, 0.1) is 6.04 Å². The Morgan fingerprint density at radius 1 is 1.69 bits per heavy atom. The molecule has 1 aromatic rings. The number of aliphatic hydroxyl groups is 1. The summed E-state index contributed by atoms with van der Waals surface area (Å²) in [7, 11) is 0. The molecule has 4 nitrogen and oxygen atoms in total. The Labute approximate surface area is 76.6 Å². The van der Waals surface area contributed by atoms with Crippen LogP contribution in [0.3, 0.4) is 0 Å². The van der Waals surface area contributed by atoms with Crippen molar-refractivity contribution in [2.24, 2.45) is 0 Å². The quantitative estimate of drug-likeness (QED) is 0.701. The summed E-state index contributed by atoms with van der Waals surface area (Å²) in [4.78, 5) is 4.13. The van der Waals surface area contributed by atoms with Crippen LogP contribution in [0.5, 0.6) is 5.75 Å². The van der Waals surface area contributed by atoms with Gasteiger partial charge in [0.25, 0.3) is 0 Å². The van der Waals surface area contributed by atoms with Crippen LogP contribution in [0.2, 0.25) is 0 Å². The number of aliphatic hydroxyl groups excluding tert-OH is 1. The Balaban J connectivity index is 2.11. The Bertz CT molecular complexity index is 291. The normalized spacial score (nSPS) is 19.9. The zero-order chi connectivity index (χ0) is 9.10. The number of hydrogen-bond acceptors (Lipinski definition) is 4. The molecule has 1 atom stereocenters. The number of rotatable bonds is 2. The molecule has 13 heavy (non-hydrogen) atoms. The number of pyridine rings is 1. The summed E-state index contributed by atoms with van der Waals surface area (Å²) in [6.45, 7) is 0.766. The van der Waals surface area contributed by atoms with Gasteiger partial charge >= 0.3 is 0 Å². The fourth-order valence-corrected chi connectivity index (χ4v) is 1.35. The molecular formula is C9H12N2O2. The number of fused-ring (bicyclic) bond motifs is 1. The van der Waals surface area contributed by atoms with Crippen molar-refractivity contribution in [2.75, 3.05) is 18.5 Å². The van der Waals surface area contributed by atoms with Crippen LogP contribution in [0.25, 0.3) is 0 Å². The van der Waals surface area contributed by atoms with Crippen LogP contribution in [0, 0.1) is 0 Å². The van der Waals surface area contributed by atoms with E-state index in [0.717, 1.165) is 11.6 Å². The van der Waals surface area contributed by atoms with Gasteiger partial charge in [0.15, 0.2) is 11.6 Å². The molecule has 0 aromatic carbocycles. The number of hydrogen-bond donors (Lipinski definition) is 2. The molecule has 2 rings (SSSR count). The standard InChI is InChI=1S/C9H12N2O2/c12-5-3-7-6-13-8-2-1-4-10-9(8)11-7/h1-2,4,7,12H,3,5-6H2,(H,10,11). The van der Waals surface area contributed by atoms with E-state index in [4.69, 9.17) is 9.84 Å². The smallest absolute Gasteiger partial charge is 0.169 e. The van der Waals surface area contributed by atoms with Gasteiger partial charge < -0.3 is 15.2 Å². The fraction of sp³-hybridized carbons (Fsp3) is 0.444. The predicted octanol–water partition coefficient (Wildman–Crippen LogP) is 0.637. The number of anilines is 1. The molecule has 2 heterocycles. The molecule has 4 heteroatoms. The molecule has 1 unspecified atom stereocenters. The van der Waals surface area contributed by atoms with Crippen LogP contribution < -0.4 is 10.1 Å². The largest absolute Gasteiger partial charge is 0.488 e. The third-order valence-corrected chi connectivity index (χ3v) is 2.03. The van der Waals surface area contributed by atoms with Crippen molar-refractivity contribution in [1.82, 2.24) is 4.98 Å². The summed E-state index contributed by atoms with van der Waals surface area (Å²) in [5.41, 5.74) is 0. The monoisotopic (exact) mass is 180 g/mol. The van der Waals surface area contributed by atoms with E-state index < -0.39 is 0 Å². The highest BCUT2D eigenvalue weighted by molar-refractivity contribution is 5.51. The van der Waals surface area contributed by atoms with E-state index in [0.29, 0.717) is 13.0 Å². The second kappa shape index (κ2) is 3.62. The molecule has 0 spiro atoms. The van der Waals surface area contributed by atoms with Crippen molar-refractivity contribution >= 4 is 5.82 Å². The van der Waals surface area contributed by atoms with E-state index in [2.05, 4.69) is 10.3 Å². The molecule has 1 aliphatic heterocycles. The van der Waals surface area contributed by atoms with Crippen LogP contribution in [0.15, 0.2) is 18.3 Å². The van der Waals surface area contributed by atoms with Gasteiger partial charge in [-0.2, -0.15) is 0 Å². The highest BCUT2D eigenvalue weighted by Gasteiger charge is 2.18. The topological polar surface area (TPSA) is 54.4 Å². The number of ether oxygens (including phenoxy) is 1. The second-order valence-corrected chi connectivity index (χ2v) is 3.01. The zero-order valence-corrected chi connectivity index (χ0v) is 7.23. The summed E-state index contributed by atoms with van der Waals surface area (Å²) >= 11 is 0. The highest BCUT2D eigenvalue weighted by atomic mass is 16.5. The summed E-state index contributed by atoms with van der Waals surface area (Å²) in [6.07, 6.45) is 2.41. The molecule has 1 aromatic heterocycles. The molecule has 0 bridgehead atoms. The first-order valence-corrected chi connectivity index (χ1v) is 4.35. The van der Waals surface area contributed by atoms with Gasteiger partial charge in [-0.3, -0.25) is 0 Å². The third kappa shape index (κ3) is 1.72. The maximum absolute atomic E-state index is 8.75. The maximum Gasteiger partial charge on any atom is 0.169 e. The molecule has 2 N–H and O–H groups in total. The average Bonchev–Trinajstić information content (AvgIpc) is 2.18. The Kier molecular flexibility index (Phi) is 2.31. The van der Waals surface area contributed by atoms with E-state index >= 15 is 0 Å². The fourth-order valence-electron chi connectivity index (χ4n) is 1.35. The first-order valence-electron chi connectivity index (χ1n) is 4.35. The van der Waals surface area contributed by atoms with Gasteiger partial charge in [-0.05, 0) is 18.6 Å². The molecule has 1 aliphatic rings. The number of aromatic nitrogens is 1. The Morgan fingerprint density at radius 2 is 2.62 bits per heavy atom. The van der Waals surface area contributed by atoms with Gasteiger partial charge in [-0.15, -0.1) is 0 Å². The lowest BCUT2D eigenvalue weighted by Crippen LogP contribution is -2.32. The van der Waals surface area contributed by atoms with Crippen LogP contribution in [0.4, 0.5) is 5.82 Å². The van der Waals surface area contributed by atoms with Crippen molar-refractivity contribution in [3.8, 4) is 5.75 Å². The molecule has 70 valence electrons. The van der Waals surface area contributed by atoms with E-state index in [9.17, 15) is 0 Å². The summed E-state index contributed by atoms with van der Waals surface area (Å²) in [5.74, 6) is 1.56. The number of nitrogens with one attached hydrogen (secondary N) is 1. The first kappa shape index (κ1) is 8.31. The van der Waals surface area contributed by atoms with Crippen LogP contribution in [0.1, 0.15) is 6.42 Å². The molecular weight excluding hydrogens is 168 g/mol. The SMILES string of the molecule is OCCC1COc2cccnc2N1. The molecule has 0 amide bonds. The van der Waals surface area contributed by atoms with Crippen molar-refractivity contribution in [2.45, 2.75) is 12.5 Å². The molecule has 0 aliphatic carbocycles. The lowest BCUT2D eigenvalue weighted by Gasteiger charge is -2.25. The second-order valence-electron chi connectivity index (χ2n) is 3.01. The third-order valence-electron chi connectivity index (χ3n) is 2.03. The Morgan fingerprint density at radius 3 is 3.46 bits per heavy atom. The molecule has 0 saturated heterocycles. The molecule has 0 saturated carbocycles. The van der Waals surface area contributed by atoms with Crippen molar-refractivity contribution in [1.29, 1.82) is 0 Å². The summed E-state index contributed by atoms with van der Waals surface area (Å²) in [6, 6.07) is 3.89. The van der Waals surface area contributed by atoms with Crippen LogP contribution >= 0.6 is 0 Å². The lowest BCUT2D eigenvalue weighted by molar-refractivity contribution is 0.232. The van der Waals surface area contributed by atoms with E-state index in [-0.39, 0.29) is 12.6 Å². The maximum atomic E-state index is 8.75. The summed E-state index contributed by atoms with van der Waals surface area (Å²) < 4.78 is 5.45. The average molecular weight is 180 g/mol. The van der Waals surface area contributed by atoms with Gasteiger partial charge in [0, 0.05) is 12.8 Å². The van der Waals surface area contributed by atoms with E-state index in [1.165, 1.54) is 0 Å². The van der Waals surface area contributed by atoms with E-state index in [1.54, 1.807) is 6.20 Å². The van der Waals surface area contributed by atoms with Crippen molar-refractivity contribution in [3.05, 3.63) is 18.3 Å². The number of nitrogens with zero attached hydrogens (tertiary/aromatic N) is 1. The van der Waals surface area contributed by atoms with Crippen LogP contribution in [-0.4, -0.2) is 29.3 Å². The molecule has 0 fully saturated rings. The van der Waals surface area contributed by atoms with Crippen LogP contribution in [-0.2, 0) is 0 Å². The van der Waals surface area contributed by atoms with Crippen molar-refractivity contribution < 1.29 is 9.84 Å². The Hall–Kier alpha value is -1.29. The van der Waals surface area contributed by atoms with E-state index in [1.807, 2.05) is 12.1 Å². The van der Waals surface area contributed by atoms with Gasteiger partial charge in [0.2, 0.25) is 0 Å². The summed E-state index contributed by atoms with van der Waals surface area (Å²) in [5, 5.41) is 12.0. The lowest BCUT2D eigenvalue weighted by atomic mass is 10.2. The zero-order valence-electron chi connectivity index (χ0n) is 7.23. The van der Waals surface area contributed by atoms with Crippen molar-refractivity contribution in [3.63, 3.8) is 0 Å². The predicted molar refractivity (Wildman–Crippen MR) is 48.8 cm³/mol. The minimum Gasteiger partial charge on any atom is -0.488 e. The van der Waals surface area contributed by atoms with Gasteiger partial charge in [-0.1, -0.05) is 0 Å².